The summed E-state index contributed by atoms with van der Waals surface area (Å²) in [7, 11) is 0. The first-order valence-electron chi connectivity index (χ1n) is 20.3. The fraction of sp³-hybridized carbons (Fsp3) is 0.950. The lowest BCUT2D eigenvalue weighted by molar-refractivity contribution is -0.352. The molecule has 4 fully saturated rings. The first-order valence-corrected chi connectivity index (χ1v) is 20.3. The number of hydrogen-bond acceptors (Lipinski definition) is 12. The van der Waals surface area contributed by atoms with Gasteiger partial charge >= 0.3 is 5.97 Å². The molecule has 0 aromatic heterocycles. The summed E-state index contributed by atoms with van der Waals surface area (Å²) in [5.74, 6) is -1.80. The second-order valence-corrected chi connectivity index (χ2v) is 17.2. The fourth-order valence-electron chi connectivity index (χ4n) is 9.23. The number of hydrogen-bond donors (Lipinski definition) is 2. The van der Waals surface area contributed by atoms with Crippen molar-refractivity contribution in [3.05, 3.63) is 0 Å². The van der Waals surface area contributed by atoms with Gasteiger partial charge in [-0.1, -0.05) is 54.4 Å². The Morgan fingerprint density at radius 1 is 0.673 bits per heavy atom. The third-order valence-corrected chi connectivity index (χ3v) is 14.0. The van der Waals surface area contributed by atoms with Gasteiger partial charge in [0.1, 0.15) is 24.6 Å². The summed E-state index contributed by atoms with van der Waals surface area (Å²) in [6.45, 7) is 22.4. The molecule has 0 amide bonds. The van der Waals surface area contributed by atoms with Crippen molar-refractivity contribution in [3.8, 4) is 0 Å². The Morgan fingerprint density at radius 2 is 1.13 bits per heavy atom. The third kappa shape index (κ3) is 8.60. The van der Waals surface area contributed by atoms with Crippen molar-refractivity contribution in [1.29, 1.82) is 0 Å². The van der Waals surface area contributed by atoms with E-state index in [-0.39, 0.29) is 42.4 Å². The van der Waals surface area contributed by atoms with E-state index in [1.807, 2.05) is 6.92 Å². The highest BCUT2D eigenvalue weighted by molar-refractivity contribution is 5.78. The van der Waals surface area contributed by atoms with E-state index >= 15 is 0 Å². The van der Waals surface area contributed by atoms with E-state index in [0.29, 0.717) is 65.0 Å². The highest BCUT2D eigenvalue weighted by atomic mass is 16.8. The van der Waals surface area contributed by atoms with Crippen molar-refractivity contribution in [3.63, 3.8) is 0 Å². The minimum Gasteiger partial charge on any atom is -0.463 e. The first kappa shape index (κ1) is 43.5. The molecule has 12 nitrogen and oxygen atoms in total. The molecule has 4 heterocycles. The van der Waals surface area contributed by atoms with Crippen LogP contribution in [0.3, 0.4) is 0 Å². The molecule has 4 saturated heterocycles. The van der Waals surface area contributed by atoms with Crippen LogP contribution < -0.4 is 0 Å². The van der Waals surface area contributed by atoms with E-state index in [1.54, 1.807) is 0 Å². The number of Topliss-reactive ketones (excluding diaryl/α,β-unsaturated/α-hetero) is 1. The number of nitrogens with zero attached hydrogens (tertiary/aromatic N) is 2. The maximum atomic E-state index is 12.5. The molecule has 2 N–H and O–H groups in total. The normalized spacial score (nSPS) is 41.3. The smallest absolute Gasteiger partial charge is 0.305 e. The molecule has 0 bridgehead atoms. The molecule has 0 radical (unpaired) electrons. The molecule has 4 rings (SSSR count). The quantitative estimate of drug-likeness (QED) is 0.109. The Bertz CT molecular complexity index is 1210. The van der Waals surface area contributed by atoms with Crippen LogP contribution >= 0.6 is 0 Å². The van der Waals surface area contributed by atoms with Crippen LogP contribution in [0.2, 0.25) is 0 Å². The molecule has 4 aliphatic heterocycles. The molecule has 10 unspecified atom stereocenters. The Hall–Kier alpha value is -1.22. The van der Waals surface area contributed by atoms with E-state index < -0.39 is 33.7 Å². The maximum Gasteiger partial charge on any atom is 0.305 e. The maximum absolute atomic E-state index is 12.5. The van der Waals surface area contributed by atoms with E-state index in [0.717, 1.165) is 44.9 Å². The summed E-state index contributed by atoms with van der Waals surface area (Å²) >= 11 is 0. The molecular weight excluding hydrogens is 668 g/mol. The number of unbranched alkanes of at least 4 members (excludes halogenated alkanes) is 3. The monoisotopic (exact) mass is 741 g/mol. The van der Waals surface area contributed by atoms with Crippen LogP contribution in [0.1, 0.15) is 153 Å². The molecule has 302 valence electrons. The Balaban J connectivity index is 1.06. The molecular formula is C40H72N2O10. The van der Waals surface area contributed by atoms with Crippen LogP contribution in [-0.4, -0.2) is 111 Å². The second kappa shape index (κ2) is 17.3. The lowest BCUT2D eigenvalue weighted by Gasteiger charge is -2.60. The predicted octanol–water partition coefficient (Wildman–Crippen LogP) is 7.21. The van der Waals surface area contributed by atoms with Crippen molar-refractivity contribution in [1.82, 2.24) is 10.1 Å². The van der Waals surface area contributed by atoms with Gasteiger partial charge in [-0.05, 0) is 66.2 Å². The van der Waals surface area contributed by atoms with Crippen LogP contribution in [0, 0.1) is 11.8 Å². The van der Waals surface area contributed by atoms with Gasteiger partial charge in [0.25, 0.3) is 0 Å². The van der Waals surface area contributed by atoms with Crippen LogP contribution in [-0.2, 0) is 38.0 Å². The topological polar surface area (TPSA) is 136 Å². The summed E-state index contributed by atoms with van der Waals surface area (Å²) < 4.78 is 37.2. The molecule has 0 aromatic carbocycles. The minimum absolute atomic E-state index is 0.0436. The summed E-state index contributed by atoms with van der Waals surface area (Å²) in [6.07, 6.45) is 8.02. The Kier molecular flexibility index (Phi) is 14.5. The first-order chi connectivity index (χ1) is 24.4. The number of piperidine rings is 2. The van der Waals surface area contributed by atoms with Crippen LogP contribution in [0.5, 0.6) is 0 Å². The van der Waals surface area contributed by atoms with Crippen LogP contribution in [0.15, 0.2) is 0 Å². The molecule has 0 aromatic rings. The van der Waals surface area contributed by atoms with Crippen molar-refractivity contribution in [2.24, 2.45) is 11.8 Å². The number of esters is 1. The van der Waals surface area contributed by atoms with Crippen molar-refractivity contribution in [2.45, 2.75) is 199 Å². The summed E-state index contributed by atoms with van der Waals surface area (Å²) in [5, 5.41) is 25.3. The number of carbonyl (C=O) groups excluding carboxylic acids is 2. The number of ether oxygens (including phenoxy) is 6. The van der Waals surface area contributed by atoms with Crippen LogP contribution in [0.25, 0.3) is 0 Å². The van der Waals surface area contributed by atoms with E-state index in [1.165, 1.54) is 10.1 Å². The van der Waals surface area contributed by atoms with E-state index in [9.17, 15) is 20.0 Å². The van der Waals surface area contributed by atoms with Crippen molar-refractivity contribution < 1.29 is 48.4 Å². The number of ketones is 1. The summed E-state index contributed by atoms with van der Waals surface area (Å²) in [6, 6.07) is 0. The highest BCUT2D eigenvalue weighted by Gasteiger charge is 2.64. The van der Waals surface area contributed by atoms with Gasteiger partial charge in [0.05, 0.1) is 37.5 Å². The summed E-state index contributed by atoms with van der Waals surface area (Å²) in [5.41, 5.74) is -1.93. The zero-order chi connectivity index (χ0) is 38.6. The van der Waals surface area contributed by atoms with Crippen LogP contribution in [0.4, 0.5) is 0 Å². The molecule has 0 aliphatic carbocycles. The van der Waals surface area contributed by atoms with E-state index in [2.05, 4.69) is 62.3 Å². The van der Waals surface area contributed by atoms with Gasteiger partial charge in [0, 0.05) is 55.0 Å². The number of hydroxylamine groups is 4. The zero-order valence-corrected chi connectivity index (χ0v) is 34.1. The zero-order valence-electron chi connectivity index (χ0n) is 34.1. The largest absolute Gasteiger partial charge is 0.463 e. The fourth-order valence-corrected chi connectivity index (χ4v) is 9.23. The van der Waals surface area contributed by atoms with Gasteiger partial charge in [-0.2, -0.15) is 10.1 Å². The minimum atomic E-state index is -0.829. The molecule has 12 heteroatoms. The predicted molar refractivity (Wildman–Crippen MR) is 196 cm³/mol. The Morgan fingerprint density at radius 3 is 1.60 bits per heavy atom. The van der Waals surface area contributed by atoms with E-state index in [4.69, 9.17) is 28.4 Å². The highest BCUT2D eigenvalue weighted by Crippen LogP contribution is 2.54. The number of rotatable bonds is 18. The van der Waals surface area contributed by atoms with Gasteiger partial charge in [0.2, 0.25) is 0 Å². The van der Waals surface area contributed by atoms with Gasteiger partial charge in [-0.3, -0.25) is 9.59 Å². The van der Waals surface area contributed by atoms with Crippen molar-refractivity contribution >= 4 is 11.8 Å². The molecule has 4 aliphatic rings. The van der Waals surface area contributed by atoms with Gasteiger partial charge in [-0.15, -0.1) is 0 Å². The molecule has 10 atom stereocenters. The Labute approximate surface area is 313 Å². The van der Waals surface area contributed by atoms with Gasteiger partial charge in [-0.25, -0.2) is 0 Å². The average Bonchev–Trinajstić information content (AvgIpc) is 3.75. The summed E-state index contributed by atoms with van der Waals surface area (Å²) in [4.78, 5) is 25.0. The molecule has 2 spiro atoms. The standard InChI is InChI=1S/C40H72N2O10/c1-11-35(7)27-39(29(5)37(9,13-3)41(35)45)49-25-32(51-39)23-47-22-21-31(43)19-17-15-16-18-20-34(44)48-24-33-26-50-40(52-33)28-36(8,12-2)42(46)38(10,14-4)30(40)6/h29-30,32-33,45-46H,11-28H2,1-10H3. The average molecular weight is 741 g/mol. The molecule has 52 heavy (non-hydrogen) atoms. The second-order valence-electron chi connectivity index (χ2n) is 17.2. The molecule has 0 saturated carbocycles. The third-order valence-electron chi connectivity index (χ3n) is 14.0. The number of carbonyl (C=O) groups is 2. The van der Waals surface area contributed by atoms with Crippen molar-refractivity contribution in [2.75, 3.05) is 33.0 Å². The van der Waals surface area contributed by atoms with Gasteiger partial charge in [0.15, 0.2) is 11.6 Å². The van der Waals surface area contributed by atoms with Gasteiger partial charge < -0.3 is 38.8 Å². The lowest BCUT2D eigenvalue weighted by atomic mass is 9.67. The lowest BCUT2D eigenvalue weighted by Crippen LogP contribution is -2.71. The SMILES string of the molecule is CCC1(C)CC2(OCC(COCCC(=O)CCCCCCC(=O)OCC3COC4(CC(C)(CC)N(O)C(C)(CC)C4C)O3)O2)C(C)C(C)(CC)N1O.